The monoisotopic (exact) mass is 571 g/mol. The molecule has 19 heavy (non-hydrogen) atoms. The Morgan fingerprint density at radius 2 is 0.842 bits per heavy atom. The van der Waals surface area contributed by atoms with Crippen LogP contribution < -0.4 is 0 Å². The summed E-state index contributed by atoms with van der Waals surface area (Å²) in [4.78, 5) is 0. The molecule has 120 valence electrons. The predicted molar refractivity (Wildman–Crippen MR) is 87.3 cm³/mol. The first kappa shape index (κ1) is 21.3. The van der Waals surface area contributed by atoms with Gasteiger partial charge in [-0.1, -0.05) is 25.7 Å². The molecule has 0 aromatic rings. The number of alkyl halides is 2. The standard InChI is InChI=1S/2C5H9ClN.4ClH.Pt/c2*6-5-1-3-7-4-2-5;;;;;/h2*5H,1-4H2;4*1H;/q2*-1;;;;;+6/p-4. The van der Waals surface area contributed by atoms with Gasteiger partial charge < -0.3 is 10.6 Å². The van der Waals surface area contributed by atoms with E-state index in [2.05, 4.69) is 10.6 Å². The summed E-state index contributed by atoms with van der Waals surface area (Å²) in [5, 5.41) is 9.11. The Bertz CT molecular complexity index is 183. The minimum atomic E-state index is -3.06. The molecule has 0 amide bonds. The van der Waals surface area contributed by atoms with E-state index >= 15 is 0 Å². The van der Waals surface area contributed by atoms with E-state index in [-0.39, 0.29) is 0 Å². The summed E-state index contributed by atoms with van der Waals surface area (Å²) in [5.74, 6) is 0. The van der Waals surface area contributed by atoms with E-state index in [1.807, 2.05) is 0 Å². The molecule has 0 saturated carbocycles. The number of nitrogens with zero attached hydrogens (tertiary/aromatic N) is 2. The Morgan fingerprint density at radius 1 is 0.632 bits per heavy atom. The summed E-state index contributed by atoms with van der Waals surface area (Å²) in [6, 6.07) is 0. The summed E-state index contributed by atoms with van der Waals surface area (Å²) >= 11 is 8.46. The molecule has 2 nitrogen and oxygen atoms in total. The van der Waals surface area contributed by atoms with Crippen molar-refractivity contribution < 1.29 is 11.9 Å². The van der Waals surface area contributed by atoms with Crippen LogP contribution in [0.2, 0.25) is 0 Å². The number of piperidine rings is 2. The molecule has 0 aromatic heterocycles. The van der Waals surface area contributed by atoms with Gasteiger partial charge >= 0.3 is 49.6 Å². The van der Waals surface area contributed by atoms with Crippen molar-refractivity contribution >= 4 is 60.9 Å². The summed E-state index contributed by atoms with van der Waals surface area (Å²) in [6.07, 6.45) is 4.34. The fourth-order valence-electron chi connectivity index (χ4n) is 1.44. The van der Waals surface area contributed by atoms with E-state index in [1.165, 1.54) is 0 Å². The molecular formula is C10H18Cl6N2Pt. The van der Waals surface area contributed by atoms with E-state index in [9.17, 15) is 0 Å². The van der Waals surface area contributed by atoms with Crippen LogP contribution >= 0.6 is 60.9 Å². The van der Waals surface area contributed by atoms with Gasteiger partial charge in [0.25, 0.3) is 0 Å². The third kappa shape index (κ3) is 20.3. The molecule has 0 N–H and O–H groups in total. The molecule has 2 fully saturated rings. The van der Waals surface area contributed by atoms with Gasteiger partial charge in [0.05, 0.1) is 0 Å². The van der Waals surface area contributed by atoms with Crippen LogP contribution in [-0.4, -0.2) is 36.9 Å². The maximum atomic E-state index is 5.76. The molecule has 0 radical (unpaired) electrons. The van der Waals surface area contributed by atoms with Crippen LogP contribution in [0.5, 0.6) is 0 Å². The number of hydrogen-bond acceptors (Lipinski definition) is 0. The quantitative estimate of drug-likeness (QED) is 0.305. The summed E-state index contributed by atoms with van der Waals surface area (Å²) in [6.45, 7) is 3.92. The second-order valence-electron chi connectivity index (χ2n) is 3.96. The van der Waals surface area contributed by atoms with Gasteiger partial charge in [-0.2, -0.15) is 0 Å². The van der Waals surface area contributed by atoms with Crippen LogP contribution in [0.1, 0.15) is 25.7 Å². The first-order chi connectivity index (χ1) is 8.79. The van der Waals surface area contributed by atoms with Crippen molar-refractivity contribution in [2.24, 2.45) is 0 Å². The molecule has 0 spiro atoms. The molecule has 0 bridgehead atoms. The van der Waals surface area contributed by atoms with Crippen molar-refractivity contribution in [3.05, 3.63) is 10.6 Å². The average Bonchev–Trinajstić information content (AvgIpc) is 2.29. The first-order valence-electron chi connectivity index (χ1n) is 5.81. The fourth-order valence-corrected chi connectivity index (χ4v) is 1.83. The van der Waals surface area contributed by atoms with Gasteiger partial charge in [-0.25, -0.2) is 0 Å². The Balaban J connectivity index is 0.000000261. The summed E-state index contributed by atoms with van der Waals surface area (Å²) in [7, 11) is 20.0. The number of hydrogen-bond donors (Lipinski definition) is 0. The number of halogens is 6. The SMILES string of the molecule is ClC1CC[N-]CC1.ClC1CC[N-]CC1.[Cl][Pt+2]([Cl])([Cl])[Cl]. The van der Waals surface area contributed by atoms with Crippen LogP contribution in [0.25, 0.3) is 10.6 Å². The number of rotatable bonds is 0. The third-order valence-corrected chi connectivity index (χ3v) is 3.27. The second-order valence-corrected chi connectivity index (χ2v) is 24.9. The van der Waals surface area contributed by atoms with Gasteiger partial charge in [-0.15, -0.1) is 49.4 Å². The van der Waals surface area contributed by atoms with Gasteiger partial charge in [0.1, 0.15) is 0 Å². The molecule has 2 aliphatic heterocycles. The van der Waals surface area contributed by atoms with E-state index in [4.69, 9.17) is 60.9 Å². The fraction of sp³-hybridized carbons (Fsp3) is 1.00. The normalized spacial score (nSPS) is 22.6. The van der Waals surface area contributed by atoms with Gasteiger partial charge in [0.2, 0.25) is 0 Å². The van der Waals surface area contributed by atoms with Gasteiger partial charge in [0, 0.05) is 10.8 Å². The molecular weight excluding hydrogens is 556 g/mol. The van der Waals surface area contributed by atoms with Crippen molar-refractivity contribution in [2.45, 2.75) is 36.4 Å². The Kier molecular flexibility index (Phi) is 14.4. The maximum absolute atomic E-state index is 5.76. The van der Waals surface area contributed by atoms with E-state index in [0.29, 0.717) is 10.8 Å². The summed E-state index contributed by atoms with van der Waals surface area (Å²) < 4.78 is 0. The first-order valence-corrected chi connectivity index (χ1v) is 17.9. The van der Waals surface area contributed by atoms with Gasteiger partial charge in [0.15, 0.2) is 0 Å². The second kappa shape index (κ2) is 12.8. The van der Waals surface area contributed by atoms with E-state index in [1.54, 1.807) is 0 Å². The molecule has 2 heterocycles. The third-order valence-electron chi connectivity index (χ3n) is 2.40. The van der Waals surface area contributed by atoms with Crippen molar-refractivity contribution in [3.63, 3.8) is 0 Å². The predicted octanol–water partition coefficient (Wildman–Crippen LogP) is 6.28. The molecule has 2 rings (SSSR count). The Hall–Kier alpha value is 2.35. The van der Waals surface area contributed by atoms with Crippen LogP contribution in [-0.2, 0) is 11.9 Å². The van der Waals surface area contributed by atoms with Crippen molar-refractivity contribution in [2.75, 3.05) is 26.2 Å². The molecule has 0 atom stereocenters. The zero-order valence-electron chi connectivity index (χ0n) is 10.3. The molecule has 2 aliphatic rings. The molecule has 9 heteroatoms. The van der Waals surface area contributed by atoms with Crippen LogP contribution in [0.15, 0.2) is 0 Å². The molecule has 0 aliphatic carbocycles. The van der Waals surface area contributed by atoms with Gasteiger partial charge in [-0.05, 0) is 0 Å². The zero-order valence-corrected chi connectivity index (χ0v) is 17.1. The van der Waals surface area contributed by atoms with Gasteiger partial charge in [-0.3, -0.25) is 0 Å². The van der Waals surface area contributed by atoms with Crippen LogP contribution in [0.3, 0.4) is 0 Å². The summed E-state index contributed by atoms with van der Waals surface area (Å²) in [5.41, 5.74) is 0. The Morgan fingerprint density at radius 3 is 0.947 bits per heavy atom. The van der Waals surface area contributed by atoms with Crippen molar-refractivity contribution in [3.8, 4) is 0 Å². The van der Waals surface area contributed by atoms with E-state index < -0.39 is 11.9 Å². The minimum absolute atomic E-state index is 0.414. The van der Waals surface area contributed by atoms with E-state index in [0.717, 1.165) is 51.9 Å². The van der Waals surface area contributed by atoms with Crippen molar-refractivity contribution in [1.29, 1.82) is 0 Å². The molecule has 2 saturated heterocycles. The Labute approximate surface area is 145 Å². The zero-order chi connectivity index (χ0) is 14.7. The van der Waals surface area contributed by atoms with Crippen LogP contribution in [0.4, 0.5) is 0 Å². The topological polar surface area (TPSA) is 28.2 Å². The molecule has 0 unspecified atom stereocenters. The average molecular weight is 574 g/mol. The van der Waals surface area contributed by atoms with Crippen LogP contribution in [0, 0.1) is 0 Å². The molecule has 0 aromatic carbocycles. The van der Waals surface area contributed by atoms with Crippen molar-refractivity contribution in [1.82, 2.24) is 0 Å².